The van der Waals surface area contributed by atoms with Crippen molar-refractivity contribution in [3.8, 4) is 0 Å². The Hall–Kier alpha value is -1.90. The number of hydrogen-bond donors (Lipinski definition) is 2. The van der Waals surface area contributed by atoms with Crippen molar-refractivity contribution in [3.05, 3.63) is 34.2 Å². The van der Waals surface area contributed by atoms with Crippen LogP contribution in [-0.4, -0.2) is 14.8 Å². The van der Waals surface area contributed by atoms with Gasteiger partial charge in [0.15, 0.2) is 5.16 Å². The van der Waals surface area contributed by atoms with Crippen LogP contribution in [-0.2, 0) is 6.18 Å². The molecule has 0 fully saturated rings. The second kappa shape index (κ2) is 5.47. The van der Waals surface area contributed by atoms with Crippen LogP contribution in [0.5, 0.6) is 0 Å². The molecule has 9 heteroatoms. The van der Waals surface area contributed by atoms with Crippen LogP contribution in [0.4, 0.5) is 18.9 Å². The molecule has 0 aliphatic rings. The average molecular weight is 318 g/mol. The lowest BCUT2D eigenvalue weighted by atomic mass is 10.2. The molecule has 114 valence electrons. The highest BCUT2D eigenvalue weighted by atomic mass is 32.2. The zero-order valence-corrected chi connectivity index (χ0v) is 12.0. The lowest BCUT2D eigenvalue weighted by Crippen LogP contribution is -2.19. The first-order chi connectivity index (χ1) is 9.70. The number of nitrogens with one attached hydrogen (secondary N) is 1. The van der Waals surface area contributed by atoms with Crippen LogP contribution in [0.1, 0.15) is 25.5 Å². The standard InChI is InChI=1S/C12H13F3N4OS/c1-6(2)19-10(20)17-18-11(19)21-9-4-3-7(16)5-8(9)12(13,14)15/h3-6H,16H2,1-2H3,(H,17,20). The van der Waals surface area contributed by atoms with Gasteiger partial charge in [0.05, 0.1) is 5.56 Å². The van der Waals surface area contributed by atoms with Crippen molar-refractivity contribution in [3.63, 3.8) is 0 Å². The minimum Gasteiger partial charge on any atom is -0.399 e. The Labute approximate surface area is 122 Å². The number of halogens is 3. The summed E-state index contributed by atoms with van der Waals surface area (Å²) in [7, 11) is 0. The summed E-state index contributed by atoms with van der Waals surface area (Å²) in [5, 5.41) is 6.18. The molecule has 0 bridgehead atoms. The SMILES string of the molecule is CC(C)n1c(Sc2ccc(N)cc2C(F)(F)F)n[nH]c1=O. The average Bonchev–Trinajstić information content (AvgIpc) is 2.71. The number of nitrogen functional groups attached to an aromatic ring is 1. The molecule has 0 saturated heterocycles. The fraction of sp³-hybridized carbons (Fsp3) is 0.333. The van der Waals surface area contributed by atoms with Crippen LogP contribution in [0.15, 0.2) is 33.0 Å². The summed E-state index contributed by atoms with van der Waals surface area (Å²) < 4.78 is 40.4. The van der Waals surface area contributed by atoms with Gasteiger partial charge < -0.3 is 5.73 Å². The molecule has 1 heterocycles. The van der Waals surface area contributed by atoms with Gasteiger partial charge >= 0.3 is 11.9 Å². The fourth-order valence-electron chi connectivity index (χ4n) is 1.77. The molecule has 3 N–H and O–H groups in total. The number of H-pyrrole nitrogens is 1. The van der Waals surface area contributed by atoms with Gasteiger partial charge in [-0.3, -0.25) is 4.57 Å². The molecule has 0 unspecified atom stereocenters. The summed E-state index contributed by atoms with van der Waals surface area (Å²) in [6.45, 7) is 3.49. The van der Waals surface area contributed by atoms with E-state index < -0.39 is 17.4 Å². The van der Waals surface area contributed by atoms with Gasteiger partial charge in [-0.1, -0.05) is 0 Å². The molecule has 2 aromatic rings. The lowest BCUT2D eigenvalue weighted by molar-refractivity contribution is -0.139. The van der Waals surface area contributed by atoms with E-state index in [0.717, 1.165) is 17.8 Å². The van der Waals surface area contributed by atoms with Crippen LogP contribution in [0.2, 0.25) is 0 Å². The van der Waals surface area contributed by atoms with Gasteiger partial charge in [-0.15, -0.1) is 5.10 Å². The van der Waals surface area contributed by atoms with E-state index in [0.29, 0.717) is 0 Å². The van der Waals surface area contributed by atoms with E-state index in [9.17, 15) is 18.0 Å². The van der Waals surface area contributed by atoms with Crippen molar-refractivity contribution < 1.29 is 13.2 Å². The highest BCUT2D eigenvalue weighted by Gasteiger charge is 2.34. The molecule has 0 aliphatic heterocycles. The monoisotopic (exact) mass is 318 g/mol. The zero-order chi connectivity index (χ0) is 15.8. The first-order valence-corrected chi connectivity index (χ1v) is 6.83. The molecule has 0 saturated carbocycles. The third kappa shape index (κ3) is 3.23. The van der Waals surface area contributed by atoms with Gasteiger partial charge in [0.2, 0.25) is 0 Å². The number of aromatic amines is 1. The third-order valence-corrected chi connectivity index (χ3v) is 3.75. The van der Waals surface area contributed by atoms with Crippen molar-refractivity contribution in [2.45, 2.75) is 36.1 Å². The molecule has 0 atom stereocenters. The molecule has 2 rings (SSSR count). The predicted octanol–water partition coefficient (Wildman–Crippen LogP) is 2.90. The molecule has 1 aromatic carbocycles. The van der Waals surface area contributed by atoms with E-state index >= 15 is 0 Å². The van der Waals surface area contributed by atoms with E-state index in [2.05, 4.69) is 10.2 Å². The van der Waals surface area contributed by atoms with Crippen LogP contribution >= 0.6 is 11.8 Å². The highest BCUT2D eigenvalue weighted by molar-refractivity contribution is 7.99. The molecular formula is C12H13F3N4OS. The minimum absolute atomic E-state index is 0.0231. The molecular weight excluding hydrogens is 305 g/mol. The van der Waals surface area contributed by atoms with Gasteiger partial charge in [0, 0.05) is 16.6 Å². The normalized spacial score (nSPS) is 12.1. The van der Waals surface area contributed by atoms with Crippen LogP contribution in [0.25, 0.3) is 0 Å². The Morgan fingerprint density at radius 1 is 1.38 bits per heavy atom. The maximum absolute atomic E-state index is 13.0. The topological polar surface area (TPSA) is 76.7 Å². The first kappa shape index (κ1) is 15.5. The summed E-state index contributed by atoms with van der Waals surface area (Å²) in [4.78, 5) is 11.5. The minimum atomic E-state index is -4.53. The zero-order valence-electron chi connectivity index (χ0n) is 11.2. The number of nitrogens with two attached hydrogens (primary N) is 1. The number of aromatic nitrogens is 3. The van der Waals surface area contributed by atoms with Crippen molar-refractivity contribution in [2.75, 3.05) is 5.73 Å². The van der Waals surface area contributed by atoms with Crippen molar-refractivity contribution in [2.24, 2.45) is 0 Å². The van der Waals surface area contributed by atoms with Gasteiger partial charge in [-0.05, 0) is 43.8 Å². The summed E-state index contributed by atoms with van der Waals surface area (Å²) in [6, 6.07) is 3.29. The molecule has 5 nitrogen and oxygen atoms in total. The molecule has 0 amide bonds. The number of anilines is 1. The van der Waals surface area contributed by atoms with Gasteiger partial charge in [0.1, 0.15) is 0 Å². The Balaban J connectivity index is 2.48. The number of hydrogen-bond acceptors (Lipinski definition) is 4. The van der Waals surface area contributed by atoms with Gasteiger partial charge in [-0.25, -0.2) is 9.89 Å². The Kier molecular flexibility index (Phi) is 4.04. The second-order valence-corrected chi connectivity index (χ2v) is 5.64. The summed E-state index contributed by atoms with van der Waals surface area (Å²) >= 11 is 0.771. The lowest BCUT2D eigenvalue weighted by Gasteiger charge is -2.14. The van der Waals surface area contributed by atoms with Gasteiger partial charge in [0.25, 0.3) is 0 Å². The second-order valence-electron chi connectivity index (χ2n) is 4.63. The summed E-state index contributed by atoms with van der Waals surface area (Å²) in [6.07, 6.45) is -4.53. The highest BCUT2D eigenvalue weighted by Crippen LogP contribution is 2.39. The smallest absolute Gasteiger partial charge is 0.399 e. The fourth-order valence-corrected chi connectivity index (χ4v) is 2.87. The van der Waals surface area contributed by atoms with E-state index in [1.165, 1.54) is 16.7 Å². The van der Waals surface area contributed by atoms with Gasteiger partial charge in [-0.2, -0.15) is 13.2 Å². The van der Waals surface area contributed by atoms with Crippen LogP contribution < -0.4 is 11.4 Å². The summed E-state index contributed by atoms with van der Waals surface area (Å²) in [5.74, 6) is 0. The Morgan fingerprint density at radius 3 is 2.62 bits per heavy atom. The van der Waals surface area contributed by atoms with E-state index in [1.54, 1.807) is 13.8 Å². The molecule has 0 radical (unpaired) electrons. The van der Waals surface area contributed by atoms with Crippen LogP contribution in [0.3, 0.4) is 0 Å². The maximum atomic E-state index is 13.0. The number of nitrogens with zero attached hydrogens (tertiary/aromatic N) is 2. The summed E-state index contributed by atoms with van der Waals surface area (Å²) in [5.41, 5.74) is 4.13. The predicted molar refractivity (Wildman–Crippen MR) is 73.2 cm³/mol. The number of benzene rings is 1. The van der Waals surface area contributed by atoms with Crippen molar-refractivity contribution >= 4 is 17.4 Å². The number of alkyl halides is 3. The van der Waals surface area contributed by atoms with E-state index in [4.69, 9.17) is 5.73 Å². The largest absolute Gasteiger partial charge is 0.417 e. The molecule has 21 heavy (non-hydrogen) atoms. The quantitative estimate of drug-likeness (QED) is 0.853. The van der Waals surface area contributed by atoms with E-state index in [1.807, 2.05) is 0 Å². The Morgan fingerprint density at radius 2 is 2.05 bits per heavy atom. The van der Waals surface area contributed by atoms with Crippen LogP contribution in [0, 0.1) is 0 Å². The molecule has 0 aliphatic carbocycles. The maximum Gasteiger partial charge on any atom is 0.417 e. The molecule has 0 spiro atoms. The van der Waals surface area contributed by atoms with E-state index in [-0.39, 0.29) is 21.8 Å². The number of rotatable bonds is 3. The Bertz CT molecular complexity index is 705. The van der Waals surface area contributed by atoms with Crippen molar-refractivity contribution in [1.82, 2.24) is 14.8 Å². The first-order valence-electron chi connectivity index (χ1n) is 6.01. The third-order valence-electron chi connectivity index (χ3n) is 2.70. The van der Waals surface area contributed by atoms with Crippen molar-refractivity contribution in [1.29, 1.82) is 0 Å². The molecule has 1 aromatic heterocycles.